The standard InChI is InChI=1S/C18H17N3O3S/c1-18(17(24)21-13-8-3-4-9-14(13)25-18)16(23)20-12-7-5-6-11(10-12)15(22)19-2/h3-10H,1-2H3,(H,19,22)(H,20,23)(H,21,24). The lowest BCUT2D eigenvalue weighted by molar-refractivity contribution is -0.126. The van der Waals surface area contributed by atoms with E-state index in [0.717, 1.165) is 4.90 Å². The van der Waals surface area contributed by atoms with Crippen LogP contribution in [0.3, 0.4) is 0 Å². The zero-order valence-electron chi connectivity index (χ0n) is 13.8. The van der Waals surface area contributed by atoms with Gasteiger partial charge in [0.2, 0.25) is 11.8 Å². The second kappa shape index (κ2) is 6.60. The molecule has 25 heavy (non-hydrogen) atoms. The van der Waals surface area contributed by atoms with Crippen LogP contribution in [0, 0.1) is 0 Å². The molecule has 2 aromatic carbocycles. The van der Waals surface area contributed by atoms with Crippen molar-refractivity contribution in [1.82, 2.24) is 5.32 Å². The smallest absolute Gasteiger partial charge is 0.251 e. The van der Waals surface area contributed by atoms with Crippen molar-refractivity contribution in [2.24, 2.45) is 0 Å². The van der Waals surface area contributed by atoms with Gasteiger partial charge in [-0.3, -0.25) is 14.4 Å². The molecule has 0 radical (unpaired) electrons. The van der Waals surface area contributed by atoms with Crippen LogP contribution in [0.5, 0.6) is 0 Å². The molecule has 1 atom stereocenters. The van der Waals surface area contributed by atoms with Gasteiger partial charge in [0.05, 0.1) is 5.69 Å². The fourth-order valence-electron chi connectivity index (χ4n) is 2.45. The molecular formula is C18H17N3O3S. The molecule has 0 saturated carbocycles. The summed E-state index contributed by atoms with van der Waals surface area (Å²) >= 11 is 1.21. The van der Waals surface area contributed by atoms with Gasteiger partial charge in [-0.1, -0.05) is 30.0 Å². The molecule has 0 aliphatic carbocycles. The van der Waals surface area contributed by atoms with Crippen molar-refractivity contribution >= 4 is 40.9 Å². The van der Waals surface area contributed by atoms with Crippen LogP contribution in [0.15, 0.2) is 53.4 Å². The molecule has 3 rings (SSSR count). The highest BCUT2D eigenvalue weighted by atomic mass is 32.2. The average molecular weight is 355 g/mol. The van der Waals surface area contributed by atoms with E-state index in [1.807, 2.05) is 18.2 Å². The summed E-state index contributed by atoms with van der Waals surface area (Å²) in [5, 5.41) is 8.03. The summed E-state index contributed by atoms with van der Waals surface area (Å²) in [6.07, 6.45) is 0. The van der Waals surface area contributed by atoms with Crippen LogP contribution in [-0.2, 0) is 9.59 Å². The summed E-state index contributed by atoms with van der Waals surface area (Å²) in [4.78, 5) is 37.8. The number of hydrogen-bond donors (Lipinski definition) is 3. The third-order valence-electron chi connectivity index (χ3n) is 3.93. The highest BCUT2D eigenvalue weighted by Gasteiger charge is 2.45. The minimum Gasteiger partial charge on any atom is -0.355 e. The first-order chi connectivity index (χ1) is 11.9. The highest BCUT2D eigenvalue weighted by molar-refractivity contribution is 8.02. The van der Waals surface area contributed by atoms with E-state index in [1.54, 1.807) is 37.3 Å². The maximum atomic E-state index is 12.8. The molecule has 0 bridgehead atoms. The molecule has 1 heterocycles. The molecule has 3 N–H and O–H groups in total. The van der Waals surface area contributed by atoms with Crippen molar-refractivity contribution in [3.63, 3.8) is 0 Å². The lowest BCUT2D eigenvalue weighted by Gasteiger charge is -2.31. The lowest BCUT2D eigenvalue weighted by atomic mass is 10.1. The fourth-order valence-corrected chi connectivity index (χ4v) is 3.55. The minimum atomic E-state index is -1.31. The molecule has 128 valence electrons. The summed E-state index contributed by atoms with van der Waals surface area (Å²) in [7, 11) is 1.54. The van der Waals surface area contributed by atoms with Crippen molar-refractivity contribution in [3.05, 3.63) is 54.1 Å². The third-order valence-corrected chi connectivity index (χ3v) is 5.28. The van der Waals surface area contributed by atoms with E-state index in [-0.39, 0.29) is 11.8 Å². The normalized spacial score (nSPS) is 18.7. The number of benzene rings is 2. The van der Waals surface area contributed by atoms with Crippen LogP contribution in [0.2, 0.25) is 0 Å². The average Bonchev–Trinajstić information content (AvgIpc) is 2.62. The number of rotatable bonds is 3. The molecule has 6 nitrogen and oxygen atoms in total. The first kappa shape index (κ1) is 17.0. The van der Waals surface area contributed by atoms with E-state index >= 15 is 0 Å². The summed E-state index contributed by atoms with van der Waals surface area (Å²) in [6, 6.07) is 13.9. The maximum absolute atomic E-state index is 12.8. The van der Waals surface area contributed by atoms with Crippen LogP contribution in [0.25, 0.3) is 0 Å². The largest absolute Gasteiger partial charge is 0.355 e. The Balaban J connectivity index is 1.84. The third kappa shape index (κ3) is 3.23. The molecular weight excluding hydrogens is 338 g/mol. The van der Waals surface area contributed by atoms with E-state index < -0.39 is 10.7 Å². The quantitative estimate of drug-likeness (QED) is 0.738. The second-order valence-corrected chi connectivity index (χ2v) is 7.16. The number of carbonyl (C=O) groups excluding carboxylic acids is 3. The molecule has 7 heteroatoms. The molecule has 1 unspecified atom stereocenters. The van der Waals surface area contributed by atoms with E-state index in [9.17, 15) is 14.4 Å². The van der Waals surface area contributed by atoms with Gasteiger partial charge in [-0.15, -0.1) is 0 Å². The summed E-state index contributed by atoms with van der Waals surface area (Å²) < 4.78 is -1.31. The van der Waals surface area contributed by atoms with Gasteiger partial charge in [-0.05, 0) is 37.3 Å². The first-order valence-electron chi connectivity index (χ1n) is 7.67. The number of nitrogens with one attached hydrogen (secondary N) is 3. The van der Waals surface area contributed by atoms with Crippen LogP contribution >= 0.6 is 11.8 Å². The van der Waals surface area contributed by atoms with Gasteiger partial charge in [-0.2, -0.15) is 0 Å². The van der Waals surface area contributed by atoms with Gasteiger partial charge in [0.15, 0.2) is 4.75 Å². The Kier molecular flexibility index (Phi) is 4.50. The minimum absolute atomic E-state index is 0.249. The van der Waals surface area contributed by atoms with Crippen LogP contribution in [0.4, 0.5) is 11.4 Å². The number of amides is 3. The van der Waals surface area contributed by atoms with E-state index in [0.29, 0.717) is 16.9 Å². The summed E-state index contributed by atoms with van der Waals surface area (Å²) in [5.41, 5.74) is 1.58. The van der Waals surface area contributed by atoms with Gasteiger partial charge in [0, 0.05) is 23.2 Å². The molecule has 0 aromatic heterocycles. The van der Waals surface area contributed by atoms with Gasteiger partial charge >= 0.3 is 0 Å². The van der Waals surface area contributed by atoms with Crippen LogP contribution < -0.4 is 16.0 Å². The van der Waals surface area contributed by atoms with Gasteiger partial charge in [-0.25, -0.2) is 0 Å². The number of fused-ring (bicyclic) bond motifs is 1. The first-order valence-corrected chi connectivity index (χ1v) is 8.49. The SMILES string of the molecule is CNC(=O)c1cccc(NC(=O)C2(C)Sc3ccccc3NC2=O)c1. The molecule has 0 fully saturated rings. The molecule has 0 saturated heterocycles. The van der Waals surface area contributed by atoms with Crippen molar-refractivity contribution in [2.45, 2.75) is 16.6 Å². The predicted molar refractivity (Wildman–Crippen MR) is 97.8 cm³/mol. The highest BCUT2D eigenvalue weighted by Crippen LogP contribution is 2.42. The Morgan fingerprint density at radius 3 is 2.64 bits per heavy atom. The van der Waals surface area contributed by atoms with Crippen molar-refractivity contribution in [3.8, 4) is 0 Å². The Labute approximate surface area is 149 Å². The Bertz CT molecular complexity index is 868. The molecule has 1 aliphatic heterocycles. The van der Waals surface area contributed by atoms with Crippen molar-refractivity contribution in [2.75, 3.05) is 17.7 Å². The second-order valence-electron chi connectivity index (χ2n) is 5.70. The van der Waals surface area contributed by atoms with E-state index in [4.69, 9.17) is 0 Å². The van der Waals surface area contributed by atoms with Crippen molar-refractivity contribution < 1.29 is 14.4 Å². The molecule has 3 amide bonds. The molecule has 1 aliphatic rings. The van der Waals surface area contributed by atoms with E-state index in [1.165, 1.54) is 18.8 Å². The maximum Gasteiger partial charge on any atom is 0.251 e. The molecule has 0 spiro atoms. The number of para-hydroxylation sites is 1. The molecule has 2 aromatic rings. The summed E-state index contributed by atoms with van der Waals surface area (Å²) in [5.74, 6) is -1.07. The van der Waals surface area contributed by atoms with Gasteiger partial charge in [0.25, 0.3) is 5.91 Å². The number of carbonyl (C=O) groups is 3. The Hall–Kier alpha value is -2.80. The zero-order chi connectivity index (χ0) is 18.0. The number of anilines is 2. The number of hydrogen-bond acceptors (Lipinski definition) is 4. The summed E-state index contributed by atoms with van der Waals surface area (Å²) in [6.45, 7) is 1.58. The van der Waals surface area contributed by atoms with Gasteiger partial charge < -0.3 is 16.0 Å². The zero-order valence-corrected chi connectivity index (χ0v) is 14.6. The predicted octanol–water partition coefficient (Wildman–Crippen LogP) is 2.49. The van der Waals surface area contributed by atoms with Crippen LogP contribution in [-0.4, -0.2) is 29.5 Å². The Morgan fingerprint density at radius 1 is 1.12 bits per heavy atom. The fraction of sp³-hybridized carbons (Fsp3) is 0.167. The van der Waals surface area contributed by atoms with Gasteiger partial charge in [0.1, 0.15) is 0 Å². The lowest BCUT2D eigenvalue weighted by Crippen LogP contribution is -2.49. The van der Waals surface area contributed by atoms with Crippen LogP contribution in [0.1, 0.15) is 17.3 Å². The van der Waals surface area contributed by atoms with Crippen molar-refractivity contribution in [1.29, 1.82) is 0 Å². The number of thioether (sulfide) groups is 1. The van der Waals surface area contributed by atoms with E-state index in [2.05, 4.69) is 16.0 Å². The monoisotopic (exact) mass is 355 g/mol. The Morgan fingerprint density at radius 2 is 1.88 bits per heavy atom. The topological polar surface area (TPSA) is 87.3 Å².